The fourth-order valence-corrected chi connectivity index (χ4v) is 5.35. The van der Waals surface area contributed by atoms with Crippen molar-refractivity contribution < 1.29 is 22.8 Å². The van der Waals surface area contributed by atoms with E-state index in [1.807, 2.05) is 0 Å². The number of fused-ring (bicyclic) bond motifs is 1. The maximum atomic E-state index is 13.0. The van der Waals surface area contributed by atoms with Crippen molar-refractivity contribution in [2.75, 3.05) is 19.7 Å². The minimum Gasteiger partial charge on any atom is -0.464 e. The van der Waals surface area contributed by atoms with Gasteiger partial charge in [0.05, 0.1) is 12.1 Å². The maximum absolute atomic E-state index is 13.0. The van der Waals surface area contributed by atoms with Gasteiger partial charge in [0.15, 0.2) is 12.4 Å². The number of alkyl halides is 2. The lowest BCUT2D eigenvalue weighted by Crippen LogP contribution is -2.32. The molecule has 186 valence electrons. The molecule has 2 aliphatic rings. The summed E-state index contributed by atoms with van der Waals surface area (Å²) in [4.78, 5) is 28.1. The molecule has 0 aromatic carbocycles. The number of aromatic nitrogens is 3. The van der Waals surface area contributed by atoms with Gasteiger partial charge in [0, 0.05) is 38.0 Å². The Kier molecular flexibility index (Phi) is 8.02. The molecule has 2 aromatic rings. The van der Waals surface area contributed by atoms with Gasteiger partial charge in [0.25, 0.3) is 17.0 Å². The Morgan fingerprint density at radius 2 is 2.12 bits per heavy atom. The van der Waals surface area contributed by atoms with E-state index in [9.17, 15) is 13.6 Å². The first-order chi connectivity index (χ1) is 16.2. The Bertz CT molecular complexity index is 995. The summed E-state index contributed by atoms with van der Waals surface area (Å²) in [7, 11) is 0. The molecular formula is C23H31F2N5O3S. The number of hydrogen-bond acceptors (Lipinski definition) is 8. The zero-order valence-electron chi connectivity index (χ0n) is 19.6. The third-order valence-corrected chi connectivity index (χ3v) is 7.36. The molecule has 1 fully saturated rings. The predicted octanol–water partition coefficient (Wildman–Crippen LogP) is 4.26. The van der Waals surface area contributed by atoms with E-state index in [0.717, 1.165) is 75.7 Å². The number of carbonyl (C=O) groups excluding carboxylic acids is 1. The van der Waals surface area contributed by atoms with Crippen molar-refractivity contribution in [3.63, 3.8) is 0 Å². The van der Waals surface area contributed by atoms with Gasteiger partial charge in [-0.3, -0.25) is 9.69 Å². The van der Waals surface area contributed by atoms with Crippen LogP contribution in [0.15, 0.2) is 9.52 Å². The van der Waals surface area contributed by atoms with Crippen molar-refractivity contribution >= 4 is 23.5 Å². The first-order valence-corrected chi connectivity index (χ1v) is 12.6. The van der Waals surface area contributed by atoms with E-state index in [0.29, 0.717) is 28.7 Å². The summed E-state index contributed by atoms with van der Waals surface area (Å²) in [6.45, 7) is 4.62. The molecule has 1 aliphatic heterocycles. The number of nitrogens with zero attached hydrogens (tertiary/aromatic N) is 5. The van der Waals surface area contributed by atoms with Crippen LogP contribution in [-0.4, -0.2) is 57.8 Å². The van der Waals surface area contributed by atoms with E-state index in [1.54, 1.807) is 13.1 Å². The lowest BCUT2D eigenvalue weighted by Gasteiger charge is -2.30. The number of amides is 1. The van der Waals surface area contributed by atoms with Gasteiger partial charge >= 0.3 is 0 Å². The molecular weight excluding hydrogens is 464 g/mol. The van der Waals surface area contributed by atoms with Crippen molar-refractivity contribution in [2.24, 2.45) is 16.8 Å². The first kappa shape index (κ1) is 24.8. The molecule has 34 heavy (non-hydrogen) atoms. The number of ether oxygens (including phenoxy) is 1. The lowest BCUT2D eigenvalue weighted by atomic mass is 9.81. The normalized spacial score (nSPS) is 21.6. The first-order valence-electron chi connectivity index (χ1n) is 11.8. The van der Waals surface area contributed by atoms with E-state index in [1.165, 1.54) is 11.3 Å². The largest absolute Gasteiger partial charge is 0.464 e. The highest BCUT2D eigenvalue weighted by molar-refractivity contribution is 7.13. The van der Waals surface area contributed by atoms with E-state index in [4.69, 9.17) is 9.26 Å². The monoisotopic (exact) mass is 495 g/mol. The van der Waals surface area contributed by atoms with Crippen molar-refractivity contribution in [3.8, 4) is 5.19 Å². The predicted molar refractivity (Wildman–Crippen MR) is 124 cm³/mol. The summed E-state index contributed by atoms with van der Waals surface area (Å²) in [5.41, 5.74) is 0.964. The number of carbonyl (C=O) groups is 1. The van der Waals surface area contributed by atoms with Crippen molar-refractivity contribution in [1.82, 2.24) is 20.0 Å². The molecule has 0 atom stereocenters. The molecule has 0 spiro atoms. The van der Waals surface area contributed by atoms with Crippen LogP contribution in [0.5, 0.6) is 5.19 Å². The molecule has 0 N–H and O–H groups in total. The van der Waals surface area contributed by atoms with Gasteiger partial charge < -0.3 is 9.26 Å². The molecule has 2 aromatic heterocycles. The second-order valence-electron chi connectivity index (χ2n) is 9.38. The highest BCUT2D eigenvalue weighted by Crippen LogP contribution is 2.33. The summed E-state index contributed by atoms with van der Waals surface area (Å²) in [5.74, 6) is -1.27. The minimum absolute atomic E-state index is 0.0679. The van der Waals surface area contributed by atoms with Crippen molar-refractivity contribution in [2.45, 2.75) is 71.3 Å². The van der Waals surface area contributed by atoms with Gasteiger partial charge in [-0.15, -0.1) is 0 Å². The third-order valence-electron chi connectivity index (χ3n) is 6.29. The zero-order valence-corrected chi connectivity index (χ0v) is 20.5. The van der Waals surface area contributed by atoms with Gasteiger partial charge in [-0.2, -0.15) is 4.98 Å². The van der Waals surface area contributed by atoms with E-state index >= 15 is 0 Å². The molecule has 1 amide bonds. The molecule has 0 bridgehead atoms. The highest BCUT2D eigenvalue weighted by atomic mass is 32.1. The van der Waals surface area contributed by atoms with Crippen LogP contribution in [0.2, 0.25) is 0 Å². The topological polar surface area (TPSA) is 93.7 Å². The second-order valence-corrected chi connectivity index (χ2v) is 10.4. The van der Waals surface area contributed by atoms with Gasteiger partial charge in [0.2, 0.25) is 5.89 Å². The maximum Gasteiger partial charge on any atom is 0.278 e. The van der Waals surface area contributed by atoms with Crippen molar-refractivity contribution in [3.05, 3.63) is 22.3 Å². The Morgan fingerprint density at radius 3 is 2.82 bits per heavy atom. The molecule has 0 unspecified atom stereocenters. The summed E-state index contributed by atoms with van der Waals surface area (Å²) in [5, 5.41) is 4.07. The molecule has 11 heteroatoms. The fourth-order valence-electron chi connectivity index (χ4n) is 4.44. The third kappa shape index (κ3) is 7.36. The Hall–Kier alpha value is -2.27. The van der Waals surface area contributed by atoms with Crippen LogP contribution >= 0.6 is 11.3 Å². The number of halogens is 2. The van der Waals surface area contributed by atoms with Crippen molar-refractivity contribution in [1.29, 1.82) is 0 Å². The number of rotatable bonds is 9. The van der Waals surface area contributed by atoms with Gasteiger partial charge in [-0.25, -0.2) is 18.8 Å². The number of aryl methyl sites for hydroxylation is 1. The summed E-state index contributed by atoms with van der Waals surface area (Å²) in [6, 6.07) is 0. The average molecular weight is 496 g/mol. The summed E-state index contributed by atoms with van der Waals surface area (Å²) < 4.78 is 36.1. The highest BCUT2D eigenvalue weighted by Gasteiger charge is 2.26. The number of hydrogen-bond donors (Lipinski definition) is 0. The van der Waals surface area contributed by atoms with Crippen LogP contribution in [0.3, 0.4) is 0 Å². The van der Waals surface area contributed by atoms with E-state index in [2.05, 4.69) is 25.0 Å². The van der Waals surface area contributed by atoms with Crippen LogP contribution in [0.25, 0.3) is 0 Å². The average Bonchev–Trinajstić information content (AvgIpc) is 3.40. The van der Waals surface area contributed by atoms with Gasteiger partial charge in [0.1, 0.15) is 0 Å². The minimum atomic E-state index is -2.85. The van der Waals surface area contributed by atoms with Crippen LogP contribution < -0.4 is 4.74 Å². The molecule has 0 saturated heterocycles. The van der Waals surface area contributed by atoms with Crippen LogP contribution in [0.1, 0.15) is 61.3 Å². The van der Waals surface area contributed by atoms with Gasteiger partial charge in [-0.05, 0) is 56.9 Å². The molecule has 4 rings (SSSR count). The van der Waals surface area contributed by atoms with Gasteiger partial charge in [-0.1, -0.05) is 16.5 Å². The quantitative estimate of drug-likeness (QED) is 0.480. The summed E-state index contributed by atoms with van der Waals surface area (Å²) in [6.07, 6.45) is 8.24. The summed E-state index contributed by atoms with van der Waals surface area (Å²) >= 11 is 1.39. The van der Waals surface area contributed by atoms with E-state index < -0.39 is 12.5 Å². The molecule has 3 heterocycles. The lowest BCUT2D eigenvalue weighted by molar-refractivity contribution is -0.117. The standard InChI is InChI=1S/C23H31F2N5O3S/c1-15-27-20(29-33-15)11-21(31)26-12-17-5-3-16(4-6-17)7-9-30-10-8-19-18(13-30)28-22(34-19)32-14-23(2,24)25/h12,16-17H,3-11,13-14H2,1-2H3. The Balaban J connectivity index is 1.15. The smallest absolute Gasteiger partial charge is 0.278 e. The SMILES string of the molecule is Cc1nc(CC(=O)N=CC2CCC(CCN3CCc4sc(OCC(C)(F)F)nc4C3)CC2)no1. The molecule has 8 nitrogen and oxygen atoms in total. The molecule has 0 radical (unpaired) electrons. The zero-order chi connectivity index (χ0) is 24.1. The van der Waals surface area contributed by atoms with Crippen LogP contribution in [-0.2, 0) is 24.2 Å². The van der Waals surface area contributed by atoms with Crippen LogP contribution in [0.4, 0.5) is 8.78 Å². The van der Waals surface area contributed by atoms with E-state index in [-0.39, 0.29) is 12.3 Å². The Labute approximate surface area is 201 Å². The number of thiazole rings is 1. The second kappa shape index (κ2) is 11.0. The molecule has 1 saturated carbocycles. The fraction of sp³-hybridized carbons (Fsp3) is 0.696. The number of aliphatic imine (C=N–C) groups is 1. The molecule has 1 aliphatic carbocycles. The Morgan fingerprint density at radius 1 is 1.32 bits per heavy atom. The van der Waals surface area contributed by atoms with Crippen LogP contribution in [0, 0.1) is 18.8 Å².